The number of aliphatic carboxylic acids is 1. The van der Waals surface area contributed by atoms with E-state index in [-0.39, 0.29) is 0 Å². The molecule has 1 unspecified atom stereocenters. The molecule has 3 rings (SSSR count). The molecule has 1 aliphatic carbocycles. The maximum Gasteiger partial charge on any atom is 0.490 e. The monoisotopic (exact) mass is 377 g/mol. The van der Waals surface area contributed by atoms with Gasteiger partial charge < -0.3 is 14.4 Å². The van der Waals surface area contributed by atoms with Gasteiger partial charge in [-0.3, -0.25) is 4.90 Å². The Kier molecular flexibility index (Phi) is 7.45. The number of halogens is 3. The van der Waals surface area contributed by atoms with Crippen molar-refractivity contribution in [1.82, 2.24) is 14.5 Å². The number of aromatic nitrogens is 2. The molecule has 0 spiro atoms. The van der Waals surface area contributed by atoms with Crippen LogP contribution in [0, 0.1) is 11.8 Å². The predicted octanol–water partition coefficient (Wildman–Crippen LogP) is 2.78. The van der Waals surface area contributed by atoms with Gasteiger partial charge >= 0.3 is 12.1 Å². The Balaban J connectivity index is 0.000000298. The summed E-state index contributed by atoms with van der Waals surface area (Å²) in [4.78, 5) is 15.8. The molecule has 1 aliphatic heterocycles. The second-order valence-electron chi connectivity index (χ2n) is 6.86. The van der Waals surface area contributed by atoms with Crippen LogP contribution in [-0.4, -0.2) is 58.0 Å². The van der Waals surface area contributed by atoms with Crippen LogP contribution in [-0.2, 0) is 22.6 Å². The fourth-order valence-corrected chi connectivity index (χ4v) is 3.21. The quantitative estimate of drug-likeness (QED) is 0.855. The third-order valence-electron chi connectivity index (χ3n) is 4.70. The van der Waals surface area contributed by atoms with Gasteiger partial charge in [0.25, 0.3) is 0 Å². The molecule has 1 atom stereocenters. The first-order chi connectivity index (χ1) is 12.3. The number of hydrogen-bond donors (Lipinski definition) is 1. The number of fused-ring (bicyclic) bond motifs is 1. The first kappa shape index (κ1) is 20.7. The van der Waals surface area contributed by atoms with Crippen LogP contribution in [0.3, 0.4) is 0 Å². The lowest BCUT2D eigenvalue weighted by molar-refractivity contribution is -0.192. The van der Waals surface area contributed by atoms with Crippen LogP contribution in [0.4, 0.5) is 13.2 Å². The number of imidazole rings is 1. The average Bonchev–Trinajstić information content (AvgIpc) is 2.87. The Morgan fingerprint density at radius 2 is 2.04 bits per heavy atom. The van der Waals surface area contributed by atoms with Gasteiger partial charge in [-0.25, -0.2) is 9.78 Å². The van der Waals surface area contributed by atoms with Gasteiger partial charge in [0.1, 0.15) is 0 Å². The molecule has 26 heavy (non-hydrogen) atoms. The molecule has 1 aromatic rings. The molecule has 1 saturated carbocycles. The van der Waals surface area contributed by atoms with Crippen LogP contribution >= 0.6 is 0 Å². The molecule has 0 saturated heterocycles. The molecule has 9 heteroatoms. The predicted molar refractivity (Wildman–Crippen MR) is 88.5 cm³/mol. The van der Waals surface area contributed by atoms with Crippen LogP contribution in [0.25, 0.3) is 0 Å². The number of alkyl halides is 3. The fraction of sp³-hybridized carbons (Fsp3) is 0.765. The van der Waals surface area contributed by atoms with Crippen molar-refractivity contribution in [3.05, 3.63) is 18.2 Å². The highest BCUT2D eigenvalue weighted by Crippen LogP contribution is 2.28. The van der Waals surface area contributed by atoms with Crippen molar-refractivity contribution in [3.8, 4) is 0 Å². The lowest BCUT2D eigenvalue weighted by Crippen LogP contribution is -2.36. The highest BCUT2D eigenvalue weighted by molar-refractivity contribution is 5.73. The van der Waals surface area contributed by atoms with Gasteiger partial charge in [0, 0.05) is 44.9 Å². The van der Waals surface area contributed by atoms with E-state index in [2.05, 4.69) is 21.4 Å². The van der Waals surface area contributed by atoms with Crippen LogP contribution in [0.15, 0.2) is 12.5 Å². The molecular formula is C17H26F3N3O3. The molecule has 1 N–H and O–H groups in total. The first-order valence-corrected chi connectivity index (χ1v) is 8.88. The number of carboxylic acids is 1. The smallest absolute Gasteiger partial charge is 0.475 e. The van der Waals surface area contributed by atoms with Crippen molar-refractivity contribution in [3.63, 3.8) is 0 Å². The summed E-state index contributed by atoms with van der Waals surface area (Å²) in [5, 5.41) is 7.12. The molecule has 1 fully saturated rings. The third kappa shape index (κ3) is 6.28. The SMILES string of the molecule is CCOCC1CN(CC2CCC2)Cc2cncn2C1.O=C(O)C(F)(F)F. The van der Waals surface area contributed by atoms with Crippen molar-refractivity contribution in [2.75, 3.05) is 26.3 Å². The van der Waals surface area contributed by atoms with E-state index >= 15 is 0 Å². The molecule has 1 aromatic heterocycles. The summed E-state index contributed by atoms with van der Waals surface area (Å²) in [6.45, 7) is 8.29. The topological polar surface area (TPSA) is 67.6 Å². The first-order valence-electron chi connectivity index (χ1n) is 8.88. The zero-order valence-electron chi connectivity index (χ0n) is 14.9. The third-order valence-corrected chi connectivity index (χ3v) is 4.70. The molecule has 2 heterocycles. The Morgan fingerprint density at radius 3 is 2.58 bits per heavy atom. The zero-order chi connectivity index (χ0) is 19.2. The Morgan fingerprint density at radius 1 is 1.35 bits per heavy atom. The zero-order valence-corrected chi connectivity index (χ0v) is 14.9. The number of carboxylic acid groups (broad SMARTS) is 1. The maximum atomic E-state index is 10.6. The van der Waals surface area contributed by atoms with E-state index in [1.54, 1.807) is 0 Å². The summed E-state index contributed by atoms with van der Waals surface area (Å²) in [7, 11) is 0. The number of hydrogen-bond acceptors (Lipinski definition) is 4. The van der Waals surface area contributed by atoms with Crippen molar-refractivity contribution < 1.29 is 27.8 Å². The van der Waals surface area contributed by atoms with Gasteiger partial charge in [0.05, 0.1) is 18.6 Å². The molecule has 2 aliphatic rings. The highest BCUT2D eigenvalue weighted by atomic mass is 19.4. The minimum Gasteiger partial charge on any atom is -0.475 e. The second-order valence-corrected chi connectivity index (χ2v) is 6.86. The molecule has 0 bridgehead atoms. The second kappa shape index (κ2) is 9.36. The van der Waals surface area contributed by atoms with E-state index in [0.29, 0.717) is 5.92 Å². The highest BCUT2D eigenvalue weighted by Gasteiger charge is 2.38. The Bertz CT molecular complexity index is 573. The van der Waals surface area contributed by atoms with E-state index in [0.717, 1.165) is 38.8 Å². The summed E-state index contributed by atoms with van der Waals surface area (Å²) in [5.74, 6) is -1.23. The molecule has 0 amide bonds. The van der Waals surface area contributed by atoms with Gasteiger partial charge in [-0.2, -0.15) is 13.2 Å². The summed E-state index contributed by atoms with van der Waals surface area (Å²) in [5.41, 5.74) is 1.36. The van der Waals surface area contributed by atoms with Crippen molar-refractivity contribution in [1.29, 1.82) is 0 Å². The van der Waals surface area contributed by atoms with Gasteiger partial charge in [0.2, 0.25) is 0 Å². The van der Waals surface area contributed by atoms with Gasteiger partial charge in [-0.05, 0) is 25.7 Å². The Hall–Kier alpha value is -1.61. The van der Waals surface area contributed by atoms with Crippen LogP contribution < -0.4 is 0 Å². The van der Waals surface area contributed by atoms with E-state index in [9.17, 15) is 13.2 Å². The lowest BCUT2D eigenvalue weighted by Gasteiger charge is -2.32. The number of carbonyl (C=O) groups is 1. The van der Waals surface area contributed by atoms with E-state index in [4.69, 9.17) is 14.6 Å². The Labute approximate surface area is 150 Å². The minimum absolute atomic E-state index is 0.593. The van der Waals surface area contributed by atoms with Crippen molar-refractivity contribution >= 4 is 5.97 Å². The fourth-order valence-electron chi connectivity index (χ4n) is 3.21. The van der Waals surface area contributed by atoms with Gasteiger partial charge in [-0.1, -0.05) is 6.42 Å². The van der Waals surface area contributed by atoms with Crippen molar-refractivity contribution in [2.24, 2.45) is 11.8 Å². The summed E-state index contributed by atoms with van der Waals surface area (Å²) in [6, 6.07) is 0. The summed E-state index contributed by atoms with van der Waals surface area (Å²) in [6.07, 6.45) is 3.19. The number of ether oxygens (including phenoxy) is 1. The van der Waals surface area contributed by atoms with E-state index in [1.165, 1.54) is 31.5 Å². The number of rotatable bonds is 5. The van der Waals surface area contributed by atoms with Gasteiger partial charge in [0.15, 0.2) is 0 Å². The maximum absolute atomic E-state index is 10.6. The molecule has 6 nitrogen and oxygen atoms in total. The summed E-state index contributed by atoms with van der Waals surface area (Å²) >= 11 is 0. The normalized spacial score (nSPS) is 21.2. The molecule has 148 valence electrons. The van der Waals surface area contributed by atoms with E-state index < -0.39 is 12.1 Å². The number of nitrogens with zero attached hydrogens (tertiary/aromatic N) is 3. The molecular weight excluding hydrogens is 351 g/mol. The van der Waals surface area contributed by atoms with Gasteiger partial charge in [-0.15, -0.1) is 0 Å². The largest absolute Gasteiger partial charge is 0.490 e. The molecule has 0 aromatic carbocycles. The van der Waals surface area contributed by atoms with Crippen LogP contribution in [0.1, 0.15) is 31.9 Å². The van der Waals surface area contributed by atoms with Crippen LogP contribution in [0.5, 0.6) is 0 Å². The summed E-state index contributed by atoms with van der Waals surface area (Å²) < 4.78 is 39.7. The molecule has 0 radical (unpaired) electrons. The lowest BCUT2D eigenvalue weighted by atomic mass is 9.85. The van der Waals surface area contributed by atoms with E-state index in [1.807, 2.05) is 12.5 Å². The van der Waals surface area contributed by atoms with Crippen molar-refractivity contribution in [2.45, 2.75) is 45.5 Å². The standard InChI is InChI=1S/C15H25N3O.C2HF3O2/c1-2-19-11-14-8-17(7-13-4-3-5-13)10-15-6-16-12-18(15)9-14;3-2(4,5)1(6)7/h6,12-14H,2-5,7-11H2,1H3;(H,6,7). The van der Waals surface area contributed by atoms with Crippen LogP contribution in [0.2, 0.25) is 0 Å². The average molecular weight is 377 g/mol. The minimum atomic E-state index is -5.08.